The average molecular weight is 282 g/mol. The predicted molar refractivity (Wildman–Crippen MR) is 83.2 cm³/mol. The maximum Gasteiger partial charge on any atom is 0.192 e. The molecular formula is C17H18N2O2. The summed E-state index contributed by atoms with van der Waals surface area (Å²) < 4.78 is 10.6. The minimum absolute atomic E-state index is 0.637. The predicted octanol–water partition coefficient (Wildman–Crippen LogP) is 3.89. The van der Waals surface area contributed by atoms with Crippen LogP contribution < -0.4 is 5.32 Å². The van der Waals surface area contributed by atoms with E-state index in [-0.39, 0.29) is 0 Å². The van der Waals surface area contributed by atoms with Gasteiger partial charge < -0.3 is 14.5 Å². The maximum absolute atomic E-state index is 5.48. The van der Waals surface area contributed by atoms with Crippen molar-refractivity contribution < 1.29 is 9.15 Å². The summed E-state index contributed by atoms with van der Waals surface area (Å²) in [5, 5.41) is 3.41. The zero-order valence-corrected chi connectivity index (χ0v) is 12.2. The molecule has 0 aliphatic rings. The summed E-state index contributed by atoms with van der Waals surface area (Å²) in [5.74, 6) is 0.689. The highest BCUT2D eigenvalue weighted by atomic mass is 16.5. The minimum atomic E-state index is 0.637. The fourth-order valence-electron chi connectivity index (χ4n) is 2.35. The van der Waals surface area contributed by atoms with Crippen molar-refractivity contribution in [2.45, 2.75) is 20.1 Å². The minimum Gasteiger partial charge on any atom is -0.441 e. The molecule has 1 heterocycles. The van der Waals surface area contributed by atoms with Crippen LogP contribution in [0.2, 0.25) is 0 Å². The van der Waals surface area contributed by atoms with Gasteiger partial charge in [0.05, 0.1) is 6.61 Å². The van der Waals surface area contributed by atoms with Crippen LogP contribution in [0.4, 0.5) is 5.69 Å². The zero-order chi connectivity index (χ0) is 14.7. The molecule has 21 heavy (non-hydrogen) atoms. The van der Waals surface area contributed by atoms with E-state index >= 15 is 0 Å². The Hall–Kier alpha value is -2.33. The van der Waals surface area contributed by atoms with Crippen molar-refractivity contribution in [1.29, 1.82) is 0 Å². The number of oxazole rings is 1. The summed E-state index contributed by atoms with van der Waals surface area (Å²) in [6, 6.07) is 14.3. The number of ether oxygens (including phenoxy) is 1. The van der Waals surface area contributed by atoms with Crippen LogP contribution in [0.15, 0.2) is 46.9 Å². The summed E-state index contributed by atoms with van der Waals surface area (Å²) in [5.41, 5.74) is 5.14. The third kappa shape index (κ3) is 3.23. The van der Waals surface area contributed by atoms with Crippen molar-refractivity contribution >= 4 is 16.8 Å². The molecule has 0 aliphatic heterocycles. The van der Waals surface area contributed by atoms with E-state index in [0.717, 1.165) is 23.3 Å². The number of aryl methyl sites for hydroxylation is 1. The van der Waals surface area contributed by atoms with E-state index in [4.69, 9.17) is 9.15 Å². The van der Waals surface area contributed by atoms with Gasteiger partial charge in [0, 0.05) is 26.3 Å². The fraction of sp³-hybridized carbons (Fsp3) is 0.235. The monoisotopic (exact) mass is 282 g/mol. The van der Waals surface area contributed by atoms with Crippen molar-refractivity contribution in [3.63, 3.8) is 0 Å². The van der Waals surface area contributed by atoms with Gasteiger partial charge in [-0.2, -0.15) is 0 Å². The highest BCUT2D eigenvalue weighted by Gasteiger charge is 2.03. The Balaban J connectivity index is 1.72. The van der Waals surface area contributed by atoms with E-state index in [1.807, 2.05) is 25.1 Å². The van der Waals surface area contributed by atoms with Crippen LogP contribution >= 0.6 is 0 Å². The molecule has 0 bridgehead atoms. The number of nitrogens with zero attached hydrogens (tertiary/aromatic N) is 1. The summed E-state index contributed by atoms with van der Waals surface area (Å²) >= 11 is 0. The summed E-state index contributed by atoms with van der Waals surface area (Å²) in [4.78, 5) is 4.34. The topological polar surface area (TPSA) is 47.3 Å². The van der Waals surface area contributed by atoms with Crippen molar-refractivity contribution in [1.82, 2.24) is 4.98 Å². The summed E-state index contributed by atoms with van der Waals surface area (Å²) in [6.07, 6.45) is 0. The lowest BCUT2D eigenvalue weighted by Gasteiger charge is -2.08. The van der Waals surface area contributed by atoms with E-state index in [2.05, 4.69) is 34.6 Å². The Morgan fingerprint density at radius 3 is 2.86 bits per heavy atom. The molecule has 0 radical (unpaired) electrons. The molecule has 0 spiro atoms. The van der Waals surface area contributed by atoms with E-state index in [0.29, 0.717) is 12.5 Å². The molecule has 0 saturated carbocycles. The first-order valence-electron chi connectivity index (χ1n) is 6.92. The van der Waals surface area contributed by atoms with E-state index in [9.17, 15) is 0 Å². The molecule has 1 N–H and O–H groups in total. The van der Waals surface area contributed by atoms with E-state index in [1.54, 1.807) is 7.11 Å². The number of methoxy groups -OCH3 is 1. The van der Waals surface area contributed by atoms with Gasteiger partial charge in [0.1, 0.15) is 5.52 Å². The molecular weight excluding hydrogens is 264 g/mol. The molecule has 1 aromatic heterocycles. The molecule has 0 fully saturated rings. The maximum atomic E-state index is 5.48. The van der Waals surface area contributed by atoms with Gasteiger partial charge in [-0.3, -0.25) is 0 Å². The van der Waals surface area contributed by atoms with Crippen LogP contribution in [0.25, 0.3) is 11.1 Å². The van der Waals surface area contributed by atoms with Crippen LogP contribution in [-0.2, 0) is 17.9 Å². The third-order valence-electron chi connectivity index (χ3n) is 3.29. The van der Waals surface area contributed by atoms with Crippen LogP contribution in [0.1, 0.15) is 17.0 Å². The first kappa shape index (κ1) is 13.6. The van der Waals surface area contributed by atoms with Crippen molar-refractivity contribution in [3.05, 3.63) is 59.5 Å². The molecule has 0 saturated heterocycles. The van der Waals surface area contributed by atoms with E-state index < -0.39 is 0 Å². The Morgan fingerprint density at radius 2 is 2.00 bits per heavy atom. The van der Waals surface area contributed by atoms with Crippen LogP contribution in [0.5, 0.6) is 0 Å². The molecule has 0 amide bonds. The normalized spacial score (nSPS) is 11.0. The third-order valence-corrected chi connectivity index (χ3v) is 3.29. The molecule has 108 valence electrons. The number of benzene rings is 2. The molecule has 4 nitrogen and oxygen atoms in total. The molecule has 4 heteroatoms. The van der Waals surface area contributed by atoms with E-state index in [1.165, 1.54) is 11.1 Å². The Morgan fingerprint density at radius 1 is 1.14 bits per heavy atom. The van der Waals surface area contributed by atoms with Crippen LogP contribution in [0, 0.1) is 6.92 Å². The molecule has 3 rings (SSSR count). The highest BCUT2D eigenvalue weighted by molar-refractivity contribution is 5.77. The Kier molecular flexibility index (Phi) is 3.88. The smallest absolute Gasteiger partial charge is 0.192 e. The molecule has 3 aromatic rings. The number of aromatic nitrogens is 1. The van der Waals surface area contributed by atoms with Gasteiger partial charge in [0.15, 0.2) is 11.5 Å². The van der Waals surface area contributed by atoms with Gasteiger partial charge in [-0.1, -0.05) is 24.3 Å². The lowest BCUT2D eigenvalue weighted by Crippen LogP contribution is -2.00. The Labute approximate surface area is 123 Å². The lowest BCUT2D eigenvalue weighted by atomic mass is 10.1. The van der Waals surface area contributed by atoms with Gasteiger partial charge in [0.2, 0.25) is 0 Å². The first-order valence-corrected chi connectivity index (χ1v) is 6.92. The average Bonchev–Trinajstić information content (AvgIpc) is 2.85. The van der Waals surface area contributed by atoms with Gasteiger partial charge in [-0.25, -0.2) is 4.98 Å². The highest BCUT2D eigenvalue weighted by Crippen LogP contribution is 2.20. The second-order valence-corrected chi connectivity index (χ2v) is 5.02. The summed E-state index contributed by atoms with van der Waals surface area (Å²) in [7, 11) is 1.71. The van der Waals surface area contributed by atoms with Gasteiger partial charge >= 0.3 is 0 Å². The molecule has 0 atom stereocenters. The van der Waals surface area contributed by atoms with Crippen molar-refractivity contribution in [3.8, 4) is 0 Å². The summed E-state index contributed by atoms with van der Waals surface area (Å²) in [6.45, 7) is 3.26. The number of hydrogen-bond acceptors (Lipinski definition) is 4. The second-order valence-electron chi connectivity index (χ2n) is 5.02. The number of hydrogen-bond donors (Lipinski definition) is 1. The number of rotatable bonds is 5. The Bertz CT molecular complexity index is 749. The zero-order valence-electron chi connectivity index (χ0n) is 12.2. The lowest BCUT2D eigenvalue weighted by molar-refractivity contribution is 0.185. The number of nitrogens with one attached hydrogen (secondary N) is 1. The largest absolute Gasteiger partial charge is 0.441 e. The van der Waals surface area contributed by atoms with Gasteiger partial charge in [-0.15, -0.1) is 0 Å². The molecule has 0 unspecified atom stereocenters. The van der Waals surface area contributed by atoms with Crippen molar-refractivity contribution in [2.75, 3.05) is 12.4 Å². The van der Waals surface area contributed by atoms with Crippen LogP contribution in [-0.4, -0.2) is 12.1 Å². The van der Waals surface area contributed by atoms with Crippen LogP contribution in [0.3, 0.4) is 0 Å². The molecule has 2 aromatic carbocycles. The van der Waals surface area contributed by atoms with Crippen molar-refractivity contribution in [2.24, 2.45) is 0 Å². The molecule has 0 aliphatic carbocycles. The standard InChI is InChI=1S/C17H18N2O2/c1-12-19-16-9-15(6-7-17(16)21-12)18-10-13-4-3-5-14(8-13)11-20-2/h3-9,18H,10-11H2,1-2H3. The first-order chi connectivity index (χ1) is 10.2. The quantitative estimate of drug-likeness (QED) is 0.771. The fourth-order valence-corrected chi connectivity index (χ4v) is 2.35. The number of anilines is 1. The second kappa shape index (κ2) is 5.97. The SMILES string of the molecule is COCc1cccc(CNc2ccc3oc(C)nc3c2)c1. The number of fused-ring (bicyclic) bond motifs is 1. The van der Waals surface area contributed by atoms with Gasteiger partial charge in [0.25, 0.3) is 0 Å². The van der Waals surface area contributed by atoms with Gasteiger partial charge in [-0.05, 0) is 29.3 Å².